The molecule has 0 spiro atoms. The second-order valence-corrected chi connectivity index (χ2v) is 8.78. The summed E-state index contributed by atoms with van der Waals surface area (Å²) in [4.78, 5) is 30.0. The van der Waals surface area contributed by atoms with Gasteiger partial charge in [-0.25, -0.2) is 9.59 Å². The van der Waals surface area contributed by atoms with Gasteiger partial charge in [-0.15, -0.1) is 0 Å². The molecule has 0 aromatic heterocycles. The topological polar surface area (TPSA) is 133 Å². The Hall–Kier alpha value is -3.23. The molecule has 1 atom stereocenters. The van der Waals surface area contributed by atoms with Crippen LogP contribution in [0.2, 0.25) is 0 Å². The predicted molar refractivity (Wildman–Crippen MR) is 142 cm³/mol. The number of esters is 1. The van der Waals surface area contributed by atoms with E-state index in [9.17, 15) is 9.90 Å². The maximum absolute atomic E-state index is 11.8. The molecule has 2 aromatic carbocycles. The maximum Gasteiger partial charge on any atom is 0.414 e. The molecular formula is C29H41NO7. The van der Waals surface area contributed by atoms with Crippen LogP contribution in [0, 0.1) is 0 Å². The van der Waals surface area contributed by atoms with Gasteiger partial charge in [-0.3, -0.25) is 4.79 Å². The average Bonchev–Trinajstić information content (AvgIpc) is 2.90. The number of benzene rings is 2. The van der Waals surface area contributed by atoms with Crippen LogP contribution in [0.4, 0.5) is 0 Å². The molecule has 2 aromatic rings. The summed E-state index contributed by atoms with van der Waals surface area (Å²) in [5, 5.41) is 28.2. The van der Waals surface area contributed by atoms with E-state index in [1.807, 2.05) is 48.5 Å². The van der Waals surface area contributed by atoms with Gasteiger partial charge >= 0.3 is 17.9 Å². The van der Waals surface area contributed by atoms with E-state index in [0.29, 0.717) is 19.6 Å². The van der Waals surface area contributed by atoms with Gasteiger partial charge in [0.1, 0.15) is 0 Å². The highest BCUT2D eigenvalue weighted by molar-refractivity contribution is 6.27. The Morgan fingerprint density at radius 3 is 1.86 bits per heavy atom. The van der Waals surface area contributed by atoms with Crippen molar-refractivity contribution in [3.8, 4) is 0 Å². The highest BCUT2D eigenvalue weighted by atomic mass is 16.5. The zero-order chi connectivity index (χ0) is 27.1. The van der Waals surface area contributed by atoms with Crippen LogP contribution in [-0.2, 0) is 25.5 Å². The van der Waals surface area contributed by atoms with Crippen molar-refractivity contribution in [3.05, 3.63) is 71.8 Å². The number of aliphatic carboxylic acids is 2. The van der Waals surface area contributed by atoms with Crippen molar-refractivity contribution in [2.24, 2.45) is 0 Å². The van der Waals surface area contributed by atoms with Gasteiger partial charge in [-0.2, -0.15) is 0 Å². The lowest BCUT2D eigenvalue weighted by atomic mass is 10.1. The van der Waals surface area contributed by atoms with Gasteiger partial charge in [-0.1, -0.05) is 92.8 Å². The third kappa shape index (κ3) is 17.8. The zero-order valence-electron chi connectivity index (χ0n) is 21.5. The maximum atomic E-state index is 11.8. The number of unbranched alkanes of at least 4 members (excludes halogenated alkanes) is 6. The Kier molecular flexibility index (Phi) is 18.0. The fraction of sp³-hybridized carbons (Fsp3) is 0.483. The van der Waals surface area contributed by atoms with Crippen molar-refractivity contribution in [2.45, 2.75) is 70.3 Å². The first kappa shape index (κ1) is 31.8. The Labute approximate surface area is 219 Å². The first-order chi connectivity index (χ1) is 17.9. The lowest BCUT2D eigenvalue weighted by molar-refractivity contribution is -0.159. The first-order valence-corrected chi connectivity index (χ1v) is 13.0. The van der Waals surface area contributed by atoms with Gasteiger partial charge in [-0.05, 0) is 43.4 Å². The molecule has 2 rings (SSSR count). The minimum Gasteiger partial charge on any atom is -0.473 e. The first-order valence-electron chi connectivity index (χ1n) is 13.0. The van der Waals surface area contributed by atoms with Crippen molar-refractivity contribution in [3.63, 3.8) is 0 Å². The molecule has 0 bridgehead atoms. The largest absolute Gasteiger partial charge is 0.473 e. The van der Waals surface area contributed by atoms with Crippen LogP contribution >= 0.6 is 0 Å². The van der Waals surface area contributed by atoms with E-state index < -0.39 is 18.0 Å². The number of carboxylic acid groups (broad SMARTS) is 2. The minimum atomic E-state index is -1.82. The summed E-state index contributed by atoms with van der Waals surface area (Å²) in [5.74, 6) is -3.72. The number of aryl methyl sites for hydroxylation is 1. The summed E-state index contributed by atoms with van der Waals surface area (Å²) in [6.07, 6.45) is 9.97. The molecule has 0 saturated carbocycles. The molecule has 0 fully saturated rings. The molecule has 0 aliphatic carbocycles. The van der Waals surface area contributed by atoms with Crippen LogP contribution in [-0.4, -0.2) is 52.9 Å². The Morgan fingerprint density at radius 1 is 0.730 bits per heavy atom. The monoisotopic (exact) mass is 515 g/mol. The van der Waals surface area contributed by atoms with Crippen molar-refractivity contribution >= 4 is 17.9 Å². The van der Waals surface area contributed by atoms with E-state index in [1.54, 1.807) is 0 Å². The average molecular weight is 516 g/mol. The van der Waals surface area contributed by atoms with E-state index in [2.05, 4.69) is 17.4 Å². The summed E-state index contributed by atoms with van der Waals surface area (Å²) in [5.41, 5.74) is 2.24. The van der Waals surface area contributed by atoms with Gasteiger partial charge in [0.15, 0.2) is 0 Å². The van der Waals surface area contributed by atoms with Crippen LogP contribution in [0.5, 0.6) is 0 Å². The molecular weight excluding hydrogens is 474 g/mol. The van der Waals surface area contributed by atoms with Crippen molar-refractivity contribution in [2.75, 3.05) is 19.7 Å². The second-order valence-electron chi connectivity index (χ2n) is 8.78. The molecule has 4 N–H and O–H groups in total. The third-order valence-electron chi connectivity index (χ3n) is 5.66. The van der Waals surface area contributed by atoms with E-state index in [-0.39, 0.29) is 5.97 Å². The summed E-state index contributed by atoms with van der Waals surface area (Å²) in [7, 11) is 0. The second kappa shape index (κ2) is 20.9. The smallest absolute Gasteiger partial charge is 0.414 e. The number of carbonyl (C=O) groups excluding carboxylic acids is 1. The molecule has 0 amide bonds. The molecule has 204 valence electrons. The van der Waals surface area contributed by atoms with Crippen LogP contribution in [0.1, 0.15) is 75.0 Å². The van der Waals surface area contributed by atoms with Gasteiger partial charge in [0.05, 0.1) is 12.7 Å². The van der Waals surface area contributed by atoms with E-state index >= 15 is 0 Å². The van der Waals surface area contributed by atoms with Gasteiger partial charge in [0.2, 0.25) is 0 Å². The molecule has 0 aliphatic rings. The number of ether oxygens (including phenoxy) is 1. The number of hydrogen-bond donors (Lipinski definition) is 4. The molecule has 0 aliphatic heterocycles. The van der Waals surface area contributed by atoms with E-state index in [1.165, 1.54) is 31.2 Å². The quantitative estimate of drug-likeness (QED) is 0.135. The standard InChI is InChI=1S/C27H39NO3.C2H2O4/c29-26(25-18-10-7-11-19-25)23-28-21-12-4-2-1-3-5-13-22-31-27(30)20-14-17-24-15-8-6-9-16-24;3-1(4)2(5)6/h6-11,15-16,18-19,26,28-29H,1-5,12-14,17,20-23H2;(H,3,4)(H,5,6). The lowest BCUT2D eigenvalue weighted by Crippen LogP contribution is -2.22. The SMILES string of the molecule is O=C(CCCc1ccccc1)OCCCCCCCCCNCC(O)c1ccccc1.O=C(O)C(=O)O. The fourth-order valence-electron chi connectivity index (χ4n) is 3.61. The summed E-state index contributed by atoms with van der Waals surface area (Å²) in [6, 6.07) is 20.0. The number of carboxylic acids is 2. The predicted octanol–water partition coefficient (Wildman–Crippen LogP) is 4.76. The summed E-state index contributed by atoms with van der Waals surface area (Å²) in [6.45, 7) is 2.11. The number of carbonyl (C=O) groups is 3. The van der Waals surface area contributed by atoms with Gasteiger partial charge in [0.25, 0.3) is 0 Å². The fourth-order valence-corrected chi connectivity index (χ4v) is 3.61. The number of rotatable bonds is 17. The van der Waals surface area contributed by atoms with Gasteiger partial charge < -0.3 is 25.4 Å². The molecule has 1 unspecified atom stereocenters. The van der Waals surface area contributed by atoms with Crippen molar-refractivity contribution < 1.29 is 34.4 Å². The van der Waals surface area contributed by atoms with Crippen LogP contribution in [0.15, 0.2) is 60.7 Å². The Balaban J connectivity index is 0.00000102. The van der Waals surface area contributed by atoms with Gasteiger partial charge in [0, 0.05) is 13.0 Å². The lowest BCUT2D eigenvalue weighted by Gasteiger charge is -2.12. The van der Waals surface area contributed by atoms with Crippen LogP contribution in [0.25, 0.3) is 0 Å². The Morgan fingerprint density at radius 2 is 1.27 bits per heavy atom. The van der Waals surface area contributed by atoms with Crippen LogP contribution < -0.4 is 5.32 Å². The number of hydrogen-bond acceptors (Lipinski definition) is 6. The summed E-state index contributed by atoms with van der Waals surface area (Å²) < 4.78 is 5.34. The molecule has 0 saturated heterocycles. The molecule has 37 heavy (non-hydrogen) atoms. The molecule has 8 nitrogen and oxygen atoms in total. The van der Waals surface area contributed by atoms with Crippen LogP contribution in [0.3, 0.4) is 0 Å². The number of aliphatic hydroxyl groups excluding tert-OH is 1. The van der Waals surface area contributed by atoms with E-state index in [0.717, 1.165) is 44.2 Å². The molecule has 8 heteroatoms. The van der Waals surface area contributed by atoms with Crippen molar-refractivity contribution in [1.82, 2.24) is 5.32 Å². The highest BCUT2D eigenvalue weighted by Gasteiger charge is 2.06. The highest BCUT2D eigenvalue weighted by Crippen LogP contribution is 2.11. The molecule has 0 radical (unpaired) electrons. The zero-order valence-corrected chi connectivity index (χ0v) is 21.5. The van der Waals surface area contributed by atoms with E-state index in [4.69, 9.17) is 24.5 Å². The molecule has 0 heterocycles. The minimum absolute atomic E-state index is 0.0687. The normalized spacial score (nSPS) is 11.2. The third-order valence-corrected chi connectivity index (χ3v) is 5.66. The Bertz CT molecular complexity index is 862. The number of aliphatic hydroxyl groups is 1. The number of nitrogens with one attached hydrogen (secondary N) is 1. The summed E-state index contributed by atoms with van der Waals surface area (Å²) >= 11 is 0. The van der Waals surface area contributed by atoms with Crippen molar-refractivity contribution in [1.29, 1.82) is 0 Å².